The Morgan fingerprint density at radius 1 is 1.17 bits per heavy atom. The number of nitrogens with one attached hydrogen (secondary N) is 2. The molecule has 2 aromatic rings. The Hall–Kier alpha value is -2.51. The Morgan fingerprint density at radius 3 is 2.62 bits per heavy atom. The van der Waals surface area contributed by atoms with Crippen LogP contribution < -0.4 is 15.4 Å². The highest BCUT2D eigenvalue weighted by Gasteiger charge is 2.04. The highest BCUT2D eigenvalue weighted by Crippen LogP contribution is 2.16. The fourth-order valence-electron chi connectivity index (χ4n) is 2.62. The molecule has 0 spiro atoms. The summed E-state index contributed by atoms with van der Waals surface area (Å²) in [5.74, 6) is 2.55. The van der Waals surface area contributed by atoms with Gasteiger partial charge in [0.15, 0.2) is 5.96 Å². The van der Waals surface area contributed by atoms with Gasteiger partial charge in [0.1, 0.15) is 11.5 Å². The van der Waals surface area contributed by atoms with Crippen molar-refractivity contribution in [1.29, 1.82) is 0 Å². The molecule has 0 aliphatic carbocycles. The van der Waals surface area contributed by atoms with Crippen LogP contribution in [0.4, 0.5) is 5.69 Å². The third-order valence-corrected chi connectivity index (χ3v) is 4.16. The van der Waals surface area contributed by atoms with Crippen LogP contribution in [-0.2, 0) is 11.2 Å². The molecule has 0 aliphatic heterocycles. The summed E-state index contributed by atoms with van der Waals surface area (Å²) in [5, 5.41) is 6.74. The first kappa shape index (κ1) is 22.8. The third-order valence-electron chi connectivity index (χ3n) is 4.16. The number of furan rings is 1. The smallest absolute Gasteiger partial charge is 0.195 e. The average Bonchev–Trinajstić information content (AvgIpc) is 3.21. The van der Waals surface area contributed by atoms with Crippen molar-refractivity contribution < 1.29 is 13.9 Å². The Bertz CT molecular complexity index is 699. The predicted molar refractivity (Wildman–Crippen MR) is 118 cm³/mol. The minimum atomic E-state index is 0.157. The zero-order valence-corrected chi connectivity index (χ0v) is 18.0. The van der Waals surface area contributed by atoms with Gasteiger partial charge in [-0.15, -0.1) is 0 Å². The second kappa shape index (κ2) is 12.9. The molecule has 0 bridgehead atoms. The number of anilines is 1. The number of methoxy groups -OCH3 is 1. The largest absolute Gasteiger partial charge is 0.491 e. The highest BCUT2D eigenvalue weighted by atomic mass is 16.5. The van der Waals surface area contributed by atoms with Crippen molar-refractivity contribution in [3.63, 3.8) is 0 Å². The Morgan fingerprint density at radius 2 is 1.97 bits per heavy atom. The number of rotatable bonds is 12. The van der Waals surface area contributed by atoms with E-state index in [1.165, 1.54) is 0 Å². The summed E-state index contributed by atoms with van der Waals surface area (Å²) in [6.07, 6.45) is 2.64. The van der Waals surface area contributed by atoms with Crippen LogP contribution in [0.25, 0.3) is 0 Å². The van der Waals surface area contributed by atoms with Crippen molar-refractivity contribution in [1.82, 2.24) is 10.2 Å². The van der Waals surface area contributed by atoms with E-state index in [9.17, 15) is 0 Å². The molecular formula is C22H34N4O3. The first-order chi connectivity index (χ1) is 14.1. The second-order valence-corrected chi connectivity index (χ2v) is 7.10. The second-order valence-electron chi connectivity index (χ2n) is 7.10. The predicted octanol–water partition coefficient (Wildman–Crippen LogP) is 3.25. The minimum Gasteiger partial charge on any atom is -0.491 e. The van der Waals surface area contributed by atoms with Gasteiger partial charge in [-0.1, -0.05) is 0 Å². The van der Waals surface area contributed by atoms with Crippen LogP contribution in [0.2, 0.25) is 0 Å². The third kappa shape index (κ3) is 9.49. The molecule has 7 nitrogen and oxygen atoms in total. The molecule has 1 aromatic carbocycles. The first-order valence-corrected chi connectivity index (χ1v) is 10.1. The summed E-state index contributed by atoms with van der Waals surface area (Å²) >= 11 is 0. The Balaban J connectivity index is 1.92. The monoisotopic (exact) mass is 402 g/mol. The normalized spacial score (nSPS) is 11.9. The van der Waals surface area contributed by atoms with E-state index in [2.05, 4.69) is 22.6 Å². The lowest BCUT2D eigenvalue weighted by Crippen LogP contribution is -2.33. The van der Waals surface area contributed by atoms with Gasteiger partial charge in [0, 0.05) is 38.9 Å². The molecule has 2 rings (SSSR count). The quantitative estimate of drug-likeness (QED) is 0.420. The van der Waals surface area contributed by atoms with Gasteiger partial charge in [-0.25, -0.2) is 0 Å². The fourth-order valence-corrected chi connectivity index (χ4v) is 2.62. The fraction of sp³-hybridized carbons (Fsp3) is 0.500. The van der Waals surface area contributed by atoms with Crippen LogP contribution in [0, 0.1) is 0 Å². The van der Waals surface area contributed by atoms with Crippen LogP contribution in [0.5, 0.6) is 5.75 Å². The summed E-state index contributed by atoms with van der Waals surface area (Å²) in [5.41, 5.74) is 0.957. The molecule has 7 heteroatoms. The van der Waals surface area contributed by atoms with Crippen molar-refractivity contribution in [2.75, 3.05) is 52.3 Å². The molecule has 0 saturated heterocycles. The highest BCUT2D eigenvalue weighted by molar-refractivity contribution is 5.93. The van der Waals surface area contributed by atoms with E-state index >= 15 is 0 Å². The molecule has 0 radical (unpaired) electrons. The number of ether oxygens (including phenoxy) is 2. The van der Waals surface area contributed by atoms with Gasteiger partial charge in [0.25, 0.3) is 0 Å². The lowest BCUT2D eigenvalue weighted by atomic mass is 10.3. The number of aliphatic imine (C=N–C) groups is 1. The van der Waals surface area contributed by atoms with E-state index < -0.39 is 0 Å². The summed E-state index contributed by atoms with van der Waals surface area (Å²) in [6.45, 7) is 7.91. The molecule has 0 atom stereocenters. The SMILES string of the molecule is COCCN(C)CCN=C(NCCc1ccco1)Nc1ccc(OC(C)C)cc1. The molecule has 0 amide bonds. The topological polar surface area (TPSA) is 71.3 Å². The van der Waals surface area contributed by atoms with Gasteiger partial charge < -0.3 is 29.4 Å². The van der Waals surface area contributed by atoms with Crippen LogP contribution in [0.1, 0.15) is 19.6 Å². The molecule has 2 N–H and O–H groups in total. The summed E-state index contributed by atoms with van der Waals surface area (Å²) in [6, 6.07) is 11.8. The maximum absolute atomic E-state index is 5.70. The van der Waals surface area contributed by atoms with Crippen LogP contribution in [0.3, 0.4) is 0 Å². The molecule has 1 heterocycles. The first-order valence-electron chi connectivity index (χ1n) is 10.1. The standard InChI is InChI=1S/C22H34N4O3/c1-18(2)29-21-9-7-19(8-10-21)25-22(23-12-11-20-6-5-16-28-20)24-13-14-26(3)15-17-27-4/h5-10,16,18H,11-15,17H2,1-4H3,(H2,23,24,25). The molecule has 1 aromatic heterocycles. The Labute approximate surface area is 174 Å². The minimum absolute atomic E-state index is 0.157. The van der Waals surface area contributed by atoms with Gasteiger partial charge in [0.2, 0.25) is 0 Å². The van der Waals surface area contributed by atoms with Gasteiger partial charge in [-0.2, -0.15) is 0 Å². The van der Waals surface area contributed by atoms with Crippen LogP contribution in [-0.4, -0.2) is 63.9 Å². The lowest BCUT2D eigenvalue weighted by molar-refractivity contribution is 0.163. The zero-order valence-electron chi connectivity index (χ0n) is 18.0. The number of guanidine groups is 1. The molecule has 29 heavy (non-hydrogen) atoms. The molecule has 0 aliphatic rings. The van der Waals surface area contributed by atoms with E-state index in [0.29, 0.717) is 6.54 Å². The van der Waals surface area contributed by atoms with E-state index in [0.717, 1.165) is 55.8 Å². The average molecular weight is 403 g/mol. The van der Waals surface area contributed by atoms with E-state index in [-0.39, 0.29) is 6.10 Å². The van der Waals surface area contributed by atoms with E-state index in [4.69, 9.17) is 18.9 Å². The van der Waals surface area contributed by atoms with Crippen molar-refractivity contribution in [3.8, 4) is 5.75 Å². The molecule has 160 valence electrons. The van der Waals surface area contributed by atoms with Gasteiger partial charge >= 0.3 is 0 Å². The summed E-state index contributed by atoms with van der Waals surface area (Å²) in [7, 11) is 3.79. The van der Waals surface area contributed by atoms with Crippen molar-refractivity contribution >= 4 is 11.6 Å². The molecule has 0 fully saturated rings. The van der Waals surface area contributed by atoms with Crippen molar-refractivity contribution in [3.05, 3.63) is 48.4 Å². The van der Waals surface area contributed by atoms with Gasteiger partial charge in [-0.3, -0.25) is 4.99 Å². The van der Waals surface area contributed by atoms with Gasteiger partial charge in [0.05, 0.1) is 25.5 Å². The number of benzene rings is 1. The number of hydrogen-bond acceptors (Lipinski definition) is 5. The van der Waals surface area contributed by atoms with Crippen LogP contribution in [0.15, 0.2) is 52.1 Å². The van der Waals surface area contributed by atoms with Crippen molar-refractivity contribution in [2.24, 2.45) is 4.99 Å². The van der Waals surface area contributed by atoms with E-state index in [1.807, 2.05) is 50.2 Å². The van der Waals surface area contributed by atoms with Crippen molar-refractivity contribution in [2.45, 2.75) is 26.4 Å². The lowest BCUT2D eigenvalue weighted by Gasteiger charge is -2.16. The summed E-state index contributed by atoms with van der Waals surface area (Å²) in [4.78, 5) is 6.91. The number of likely N-dealkylation sites (N-methyl/N-ethyl adjacent to an activating group) is 1. The maximum atomic E-state index is 5.70. The van der Waals surface area contributed by atoms with Gasteiger partial charge in [-0.05, 0) is 57.3 Å². The molecular weight excluding hydrogens is 368 g/mol. The number of hydrogen-bond donors (Lipinski definition) is 2. The Kier molecular flexibility index (Phi) is 10.1. The summed E-state index contributed by atoms with van der Waals surface area (Å²) < 4.78 is 16.2. The number of nitrogens with zero attached hydrogens (tertiary/aromatic N) is 2. The molecule has 0 saturated carbocycles. The maximum Gasteiger partial charge on any atom is 0.195 e. The van der Waals surface area contributed by atoms with Crippen LogP contribution >= 0.6 is 0 Å². The zero-order chi connectivity index (χ0) is 20.9. The molecule has 0 unspecified atom stereocenters. The van der Waals surface area contributed by atoms with E-state index in [1.54, 1.807) is 13.4 Å².